The summed E-state index contributed by atoms with van der Waals surface area (Å²) in [7, 11) is -3.56. The van der Waals surface area contributed by atoms with E-state index in [1.165, 1.54) is 0 Å². The maximum atomic E-state index is 13.0. The van der Waals surface area contributed by atoms with Crippen molar-refractivity contribution in [3.8, 4) is 0 Å². The molecule has 1 saturated heterocycles. The van der Waals surface area contributed by atoms with Gasteiger partial charge >= 0.3 is 0 Å². The predicted molar refractivity (Wildman–Crippen MR) is 113 cm³/mol. The summed E-state index contributed by atoms with van der Waals surface area (Å²) < 4.78 is 27.6. The fourth-order valence-corrected chi connectivity index (χ4v) is 5.04. The Kier molecular flexibility index (Phi) is 7.46. The average Bonchev–Trinajstić information content (AvgIpc) is 2.69. The summed E-state index contributed by atoms with van der Waals surface area (Å²) in [4.78, 5) is 12.8. The Hall–Kier alpha value is -2.09. The fourth-order valence-electron chi connectivity index (χ4n) is 3.30. The van der Waals surface area contributed by atoms with E-state index in [1.807, 2.05) is 6.92 Å². The highest BCUT2D eigenvalue weighted by atomic mass is 35.5. The zero-order chi connectivity index (χ0) is 19.4. The molecule has 1 fully saturated rings. The minimum Gasteiger partial charge on any atom is -0.399 e. The van der Waals surface area contributed by atoms with Gasteiger partial charge in [0.15, 0.2) is 0 Å². The van der Waals surface area contributed by atoms with E-state index in [2.05, 4.69) is 5.32 Å². The highest BCUT2D eigenvalue weighted by Gasteiger charge is 2.28. The molecule has 0 bridgehead atoms. The minimum absolute atomic E-state index is 0. The molecule has 0 aliphatic carbocycles. The van der Waals surface area contributed by atoms with E-state index in [0.717, 1.165) is 24.8 Å². The molecule has 0 aromatic heterocycles. The van der Waals surface area contributed by atoms with E-state index >= 15 is 0 Å². The number of anilines is 1. The molecule has 6 nitrogen and oxygen atoms in total. The van der Waals surface area contributed by atoms with Gasteiger partial charge in [0.25, 0.3) is 5.91 Å². The lowest BCUT2D eigenvalue weighted by molar-refractivity contribution is 0.0950. The van der Waals surface area contributed by atoms with Crippen molar-refractivity contribution in [1.29, 1.82) is 0 Å². The number of nitrogens with one attached hydrogen (secondary N) is 1. The predicted octanol–water partition coefficient (Wildman–Crippen LogP) is 3.10. The maximum absolute atomic E-state index is 13.0. The number of nitrogen functional groups attached to an aromatic ring is 1. The van der Waals surface area contributed by atoms with Crippen molar-refractivity contribution in [2.24, 2.45) is 0 Å². The summed E-state index contributed by atoms with van der Waals surface area (Å²) in [5.41, 5.74) is 8.17. The van der Waals surface area contributed by atoms with E-state index in [9.17, 15) is 13.2 Å². The van der Waals surface area contributed by atoms with E-state index in [1.54, 1.807) is 46.8 Å². The second kappa shape index (κ2) is 9.41. The van der Waals surface area contributed by atoms with Crippen LogP contribution in [0, 0.1) is 6.92 Å². The minimum atomic E-state index is -3.56. The Balaban J connectivity index is 0.00000280. The number of amides is 1. The first-order valence-electron chi connectivity index (χ1n) is 9.12. The Morgan fingerprint density at radius 1 is 1.11 bits per heavy atom. The molecule has 0 saturated carbocycles. The lowest BCUT2D eigenvalue weighted by atomic mass is 10.1. The van der Waals surface area contributed by atoms with Gasteiger partial charge in [0.1, 0.15) is 0 Å². The monoisotopic (exact) mass is 423 g/mol. The van der Waals surface area contributed by atoms with Crippen molar-refractivity contribution in [2.75, 3.05) is 18.8 Å². The second-order valence-electron chi connectivity index (χ2n) is 6.83. The molecule has 2 aromatic carbocycles. The fraction of sp³-hybridized carbons (Fsp3) is 0.350. The van der Waals surface area contributed by atoms with Crippen LogP contribution < -0.4 is 11.1 Å². The van der Waals surface area contributed by atoms with Crippen molar-refractivity contribution in [1.82, 2.24) is 9.62 Å². The SMILES string of the molecule is Cc1ccc(N)cc1C(=O)NCc1ccccc1S(=O)(=O)N1CCCCC1.Cl. The smallest absolute Gasteiger partial charge is 0.251 e. The molecule has 3 N–H and O–H groups in total. The van der Waals surface area contributed by atoms with Gasteiger partial charge in [-0.25, -0.2) is 8.42 Å². The van der Waals surface area contributed by atoms with Gasteiger partial charge < -0.3 is 11.1 Å². The van der Waals surface area contributed by atoms with E-state index in [-0.39, 0.29) is 29.8 Å². The van der Waals surface area contributed by atoms with Crippen molar-refractivity contribution >= 4 is 34.0 Å². The molecular weight excluding hydrogens is 398 g/mol. The van der Waals surface area contributed by atoms with Crippen LogP contribution in [-0.4, -0.2) is 31.7 Å². The van der Waals surface area contributed by atoms with Crippen LogP contribution in [0.1, 0.15) is 40.7 Å². The van der Waals surface area contributed by atoms with Crippen LogP contribution in [-0.2, 0) is 16.6 Å². The summed E-state index contributed by atoms with van der Waals surface area (Å²) in [5, 5.41) is 2.82. The first-order valence-corrected chi connectivity index (χ1v) is 10.6. The zero-order valence-electron chi connectivity index (χ0n) is 15.8. The number of sulfonamides is 1. The van der Waals surface area contributed by atoms with Gasteiger partial charge in [0.2, 0.25) is 10.0 Å². The van der Waals surface area contributed by atoms with Crippen LogP contribution >= 0.6 is 12.4 Å². The van der Waals surface area contributed by atoms with Gasteiger partial charge in [0.05, 0.1) is 4.90 Å². The van der Waals surface area contributed by atoms with Crippen molar-refractivity contribution < 1.29 is 13.2 Å². The lowest BCUT2D eigenvalue weighted by Crippen LogP contribution is -2.36. The largest absolute Gasteiger partial charge is 0.399 e. The highest BCUT2D eigenvalue weighted by molar-refractivity contribution is 7.89. The quantitative estimate of drug-likeness (QED) is 0.722. The third-order valence-electron chi connectivity index (χ3n) is 4.85. The number of rotatable bonds is 5. The molecule has 0 atom stereocenters. The highest BCUT2D eigenvalue weighted by Crippen LogP contribution is 2.23. The number of hydrogen-bond acceptors (Lipinski definition) is 4. The summed E-state index contributed by atoms with van der Waals surface area (Å²) >= 11 is 0. The molecule has 0 unspecified atom stereocenters. The molecular formula is C20H26ClN3O3S. The number of carbonyl (C=O) groups is 1. The van der Waals surface area contributed by atoms with E-state index < -0.39 is 10.0 Å². The first-order chi connectivity index (χ1) is 12.9. The number of carbonyl (C=O) groups excluding carboxylic acids is 1. The summed E-state index contributed by atoms with van der Waals surface area (Å²) in [6.07, 6.45) is 2.82. The van der Waals surface area contributed by atoms with E-state index in [0.29, 0.717) is 29.9 Å². The van der Waals surface area contributed by atoms with Crippen molar-refractivity contribution in [3.63, 3.8) is 0 Å². The molecule has 0 spiro atoms. The van der Waals surface area contributed by atoms with Gasteiger partial charge in [-0.2, -0.15) is 4.31 Å². The number of piperidine rings is 1. The number of nitrogens with two attached hydrogens (primary N) is 1. The van der Waals surface area contributed by atoms with Crippen LogP contribution in [0.25, 0.3) is 0 Å². The standard InChI is InChI=1S/C20H25N3O3S.ClH/c1-15-9-10-17(21)13-18(15)20(24)22-14-16-7-3-4-8-19(16)27(25,26)23-11-5-2-6-12-23;/h3-4,7-10,13H,2,5-6,11-12,14,21H2,1H3,(H,22,24);1H. The molecule has 1 aliphatic rings. The number of hydrogen-bond donors (Lipinski definition) is 2. The third-order valence-corrected chi connectivity index (χ3v) is 6.85. The van der Waals surface area contributed by atoms with Crippen LogP contribution in [0.4, 0.5) is 5.69 Å². The van der Waals surface area contributed by atoms with E-state index in [4.69, 9.17) is 5.73 Å². The molecule has 8 heteroatoms. The molecule has 0 radical (unpaired) electrons. The van der Waals surface area contributed by atoms with Gasteiger partial charge in [-0.1, -0.05) is 30.7 Å². The van der Waals surface area contributed by atoms with Crippen LogP contribution in [0.2, 0.25) is 0 Å². The van der Waals surface area contributed by atoms with Crippen LogP contribution in [0.3, 0.4) is 0 Å². The summed E-state index contributed by atoms with van der Waals surface area (Å²) in [5.74, 6) is -0.273. The van der Waals surface area contributed by atoms with Crippen LogP contribution in [0.5, 0.6) is 0 Å². The Bertz CT molecular complexity index is 941. The van der Waals surface area contributed by atoms with Crippen LogP contribution in [0.15, 0.2) is 47.4 Å². The number of aryl methyl sites for hydroxylation is 1. The lowest BCUT2D eigenvalue weighted by Gasteiger charge is -2.26. The number of halogens is 1. The second-order valence-corrected chi connectivity index (χ2v) is 8.74. The van der Waals surface area contributed by atoms with Crippen molar-refractivity contribution in [3.05, 3.63) is 59.2 Å². The maximum Gasteiger partial charge on any atom is 0.251 e. The number of nitrogens with zero attached hydrogens (tertiary/aromatic N) is 1. The molecule has 1 heterocycles. The van der Waals surface area contributed by atoms with Crippen molar-refractivity contribution in [2.45, 2.75) is 37.6 Å². The first kappa shape index (κ1) is 22.2. The Morgan fingerprint density at radius 2 is 1.79 bits per heavy atom. The van der Waals surface area contributed by atoms with Gasteiger partial charge in [0, 0.05) is 30.9 Å². The topological polar surface area (TPSA) is 92.5 Å². The molecule has 2 aromatic rings. The molecule has 1 amide bonds. The molecule has 152 valence electrons. The third kappa shape index (κ3) is 4.84. The number of benzene rings is 2. The summed E-state index contributed by atoms with van der Waals surface area (Å²) in [6.45, 7) is 3.07. The Labute approximate surface area is 172 Å². The molecule has 1 aliphatic heterocycles. The van der Waals surface area contributed by atoms with Gasteiger partial charge in [-0.15, -0.1) is 12.4 Å². The molecule has 28 heavy (non-hydrogen) atoms. The Morgan fingerprint density at radius 3 is 2.50 bits per heavy atom. The molecule has 3 rings (SSSR count). The zero-order valence-corrected chi connectivity index (χ0v) is 17.5. The average molecular weight is 424 g/mol. The normalized spacial score (nSPS) is 14.9. The van der Waals surface area contributed by atoms with Gasteiger partial charge in [-0.05, 0) is 49.1 Å². The van der Waals surface area contributed by atoms with Gasteiger partial charge in [-0.3, -0.25) is 4.79 Å². The summed E-state index contributed by atoms with van der Waals surface area (Å²) in [6, 6.07) is 12.0.